The number of nitrogens with zero attached hydrogens (tertiary/aromatic N) is 1. The number of rotatable bonds is 5. The Labute approximate surface area is 117 Å². The third-order valence-electron chi connectivity index (χ3n) is 3.42. The second kappa shape index (κ2) is 6.27. The van der Waals surface area contributed by atoms with Crippen LogP contribution in [0.2, 0.25) is 0 Å². The number of nitrogens with one attached hydrogen (secondary N) is 1. The Balaban J connectivity index is 1.93. The lowest BCUT2D eigenvalue weighted by atomic mass is 10.2. The summed E-state index contributed by atoms with van der Waals surface area (Å²) in [5.41, 5.74) is 6.10. The number of methoxy groups -OCH3 is 1. The zero-order valence-corrected chi connectivity index (χ0v) is 11.5. The summed E-state index contributed by atoms with van der Waals surface area (Å²) in [5.74, 6) is 0.171. The molecule has 1 fully saturated rings. The van der Waals surface area contributed by atoms with E-state index in [0.29, 0.717) is 13.0 Å². The predicted octanol–water partition coefficient (Wildman–Crippen LogP) is 0.583. The molecule has 1 unspecified atom stereocenters. The quantitative estimate of drug-likeness (QED) is 0.824. The van der Waals surface area contributed by atoms with E-state index in [-0.39, 0.29) is 12.5 Å². The molecule has 6 nitrogen and oxygen atoms in total. The van der Waals surface area contributed by atoms with Crippen LogP contribution < -0.4 is 15.8 Å². The number of nitrogens with two attached hydrogens (primary N) is 1. The van der Waals surface area contributed by atoms with E-state index >= 15 is 0 Å². The van der Waals surface area contributed by atoms with Crippen molar-refractivity contribution < 1.29 is 14.3 Å². The van der Waals surface area contributed by atoms with Crippen LogP contribution in [-0.4, -0.2) is 43.0 Å². The first kappa shape index (κ1) is 14.2. The molecule has 1 atom stereocenters. The van der Waals surface area contributed by atoms with Gasteiger partial charge in [-0.25, -0.2) is 0 Å². The molecule has 0 saturated carbocycles. The molecule has 0 radical (unpaired) electrons. The van der Waals surface area contributed by atoms with Crippen molar-refractivity contribution in [2.45, 2.75) is 18.9 Å². The van der Waals surface area contributed by atoms with E-state index in [2.05, 4.69) is 5.32 Å². The van der Waals surface area contributed by atoms with Crippen molar-refractivity contribution in [2.75, 3.05) is 25.5 Å². The van der Waals surface area contributed by atoms with Gasteiger partial charge in [0.25, 0.3) is 0 Å². The van der Waals surface area contributed by atoms with Crippen LogP contribution in [-0.2, 0) is 9.59 Å². The maximum Gasteiger partial charge on any atom is 0.242 e. The van der Waals surface area contributed by atoms with Crippen molar-refractivity contribution in [2.24, 2.45) is 5.73 Å². The van der Waals surface area contributed by atoms with Crippen LogP contribution in [0.15, 0.2) is 24.3 Å². The highest BCUT2D eigenvalue weighted by atomic mass is 16.5. The Hall–Kier alpha value is -2.24. The normalized spacial score (nSPS) is 17.9. The van der Waals surface area contributed by atoms with Crippen molar-refractivity contribution in [3.05, 3.63) is 24.3 Å². The van der Waals surface area contributed by atoms with E-state index in [0.717, 1.165) is 17.9 Å². The van der Waals surface area contributed by atoms with Gasteiger partial charge in [0.2, 0.25) is 11.8 Å². The molecule has 3 N–H and O–H groups in total. The number of carbonyl (C=O) groups excluding carboxylic acids is 2. The second-order valence-corrected chi connectivity index (χ2v) is 4.73. The number of primary amides is 1. The molecule has 0 bridgehead atoms. The number of anilines is 1. The molecule has 0 spiro atoms. The van der Waals surface area contributed by atoms with Gasteiger partial charge in [-0.3, -0.25) is 9.59 Å². The number of benzene rings is 1. The van der Waals surface area contributed by atoms with E-state index < -0.39 is 11.9 Å². The van der Waals surface area contributed by atoms with Gasteiger partial charge in [-0.1, -0.05) is 6.07 Å². The lowest BCUT2D eigenvalue weighted by Crippen LogP contribution is -2.45. The third-order valence-corrected chi connectivity index (χ3v) is 3.42. The first-order valence-corrected chi connectivity index (χ1v) is 6.58. The van der Waals surface area contributed by atoms with Crippen LogP contribution in [0.5, 0.6) is 5.75 Å². The number of ether oxygens (including phenoxy) is 1. The summed E-state index contributed by atoms with van der Waals surface area (Å²) < 4.78 is 5.11. The molecule has 6 heteroatoms. The zero-order chi connectivity index (χ0) is 14.5. The monoisotopic (exact) mass is 277 g/mol. The van der Waals surface area contributed by atoms with Crippen molar-refractivity contribution in [3.8, 4) is 5.75 Å². The van der Waals surface area contributed by atoms with E-state index in [1.54, 1.807) is 12.0 Å². The van der Waals surface area contributed by atoms with E-state index in [9.17, 15) is 9.59 Å². The third kappa shape index (κ3) is 3.20. The second-order valence-electron chi connectivity index (χ2n) is 4.73. The van der Waals surface area contributed by atoms with Crippen molar-refractivity contribution in [1.82, 2.24) is 4.90 Å². The Morgan fingerprint density at radius 2 is 2.30 bits per heavy atom. The van der Waals surface area contributed by atoms with Crippen LogP contribution in [0.1, 0.15) is 12.8 Å². The summed E-state index contributed by atoms with van der Waals surface area (Å²) in [5, 5.41) is 3.03. The first-order chi connectivity index (χ1) is 9.61. The molecule has 1 aliphatic rings. The van der Waals surface area contributed by atoms with E-state index in [1.165, 1.54) is 0 Å². The molecule has 1 heterocycles. The van der Waals surface area contributed by atoms with Gasteiger partial charge in [0.1, 0.15) is 11.8 Å². The maximum absolute atomic E-state index is 12.1. The average molecular weight is 277 g/mol. The highest BCUT2D eigenvalue weighted by Gasteiger charge is 2.32. The van der Waals surface area contributed by atoms with Gasteiger partial charge in [-0.05, 0) is 25.0 Å². The molecular formula is C14H19N3O3. The van der Waals surface area contributed by atoms with Gasteiger partial charge >= 0.3 is 0 Å². The Morgan fingerprint density at radius 3 is 3.00 bits per heavy atom. The molecule has 1 aliphatic heterocycles. The molecule has 2 amide bonds. The molecular weight excluding hydrogens is 258 g/mol. The zero-order valence-electron chi connectivity index (χ0n) is 11.5. The summed E-state index contributed by atoms with van der Waals surface area (Å²) in [6.07, 6.45) is 1.47. The largest absolute Gasteiger partial charge is 0.497 e. The minimum atomic E-state index is -0.463. The van der Waals surface area contributed by atoms with Gasteiger partial charge in [0.05, 0.1) is 13.7 Å². The van der Waals surface area contributed by atoms with Gasteiger partial charge in [0, 0.05) is 18.3 Å². The summed E-state index contributed by atoms with van der Waals surface area (Å²) in [7, 11) is 1.59. The number of likely N-dealkylation sites (tertiary alicyclic amines) is 1. The van der Waals surface area contributed by atoms with Crippen molar-refractivity contribution in [3.63, 3.8) is 0 Å². The molecule has 2 rings (SSSR count). The Kier molecular flexibility index (Phi) is 4.45. The molecule has 108 valence electrons. The molecule has 1 saturated heterocycles. The minimum Gasteiger partial charge on any atom is -0.497 e. The highest BCUT2D eigenvalue weighted by Crippen LogP contribution is 2.19. The van der Waals surface area contributed by atoms with Crippen LogP contribution >= 0.6 is 0 Å². The molecule has 0 aromatic heterocycles. The lowest BCUT2D eigenvalue weighted by Gasteiger charge is -2.22. The SMILES string of the molecule is COc1cccc(NCC(=O)N2CCCC2C(N)=O)c1. The number of amides is 2. The van der Waals surface area contributed by atoms with Crippen LogP contribution in [0.25, 0.3) is 0 Å². The predicted molar refractivity (Wildman–Crippen MR) is 75.4 cm³/mol. The highest BCUT2D eigenvalue weighted by molar-refractivity contribution is 5.89. The first-order valence-electron chi connectivity index (χ1n) is 6.58. The average Bonchev–Trinajstić information content (AvgIpc) is 2.94. The number of carbonyl (C=O) groups is 2. The number of hydrogen-bond donors (Lipinski definition) is 2. The van der Waals surface area contributed by atoms with Crippen LogP contribution in [0.4, 0.5) is 5.69 Å². The summed E-state index contributed by atoms with van der Waals surface area (Å²) in [6, 6.07) is 6.87. The van der Waals surface area contributed by atoms with Crippen LogP contribution in [0, 0.1) is 0 Å². The van der Waals surface area contributed by atoms with Crippen molar-refractivity contribution >= 4 is 17.5 Å². The van der Waals surface area contributed by atoms with Crippen molar-refractivity contribution in [1.29, 1.82) is 0 Å². The standard InChI is InChI=1S/C14H19N3O3/c1-20-11-5-2-4-10(8-11)16-9-13(18)17-7-3-6-12(17)14(15)19/h2,4-5,8,12,16H,3,6-7,9H2,1H3,(H2,15,19). The van der Waals surface area contributed by atoms with Gasteiger partial charge in [-0.2, -0.15) is 0 Å². The minimum absolute atomic E-state index is 0.117. The van der Waals surface area contributed by atoms with E-state index in [4.69, 9.17) is 10.5 Å². The molecule has 20 heavy (non-hydrogen) atoms. The summed E-state index contributed by atoms with van der Waals surface area (Å²) in [4.78, 5) is 24.9. The van der Waals surface area contributed by atoms with Crippen LogP contribution in [0.3, 0.4) is 0 Å². The fourth-order valence-corrected chi connectivity index (χ4v) is 2.37. The number of hydrogen-bond acceptors (Lipinski definition) is 4. The van der Waals surface area contributed by atoms with E-state index in [1.807, 2.05) is 24.3 Å². The fourth-order valence-electron chi connectivity index (χ4n) is 2.37. The van der Waals surface area contributed by atoms with Gasteiger partial charge < -0.3 is 20.7 Å². The smallest absolute Gasteiger partial charge is 0.242 e. The maximum atomic E-state index is 12.1. The summed E-state index contributed by atoms with van der Waals surface area (Å²) in [6.45, 7) is 0.725. The Bertz CT molecular complexity index is 504. The Morgan fingerprint density at radius 1 is 1.50 bits per heavy atom. The topological polar surface area (TPSA) is 84.7 Å². The fraction of sp³-hybridized carbons (Fsp3) is 0.429. The van der Waals surface area contributed by atoms with Gasteiger partial charge in [-0.15, -0.1) is 0 Å². The molecule has 0 aliphatic carbocycles. The lowest BCUT2D eigenvalue weighted by molar-refractivity contribution is -0.135. The van der Waals surface area contributed by atoms with Gasteiger partial charge in [0.15, 0.2) is 0 Å². The summed E-state index contributed by atoms with van der Waals surface area (Å²) >= 11 is 0. The molecule has 1 aromatic carbocycles. The molecule has 1 aromatic rings.